The Labute approximate surface area is 218 Å². The topological polar surface area (TPSA) is 98.0 Å². The molecule has 5 rings (SSSR count). The molecule has 37 heavy (non-hydrogen) atoms. The van der Waals surface area contributed by atoms with Crippen LogP contribution < -0.4 is 5.32 Å². The van der Waals surface area contributed by atoms with Gasteiger partial charge < -0.3 is 5.32 Å². The van der Waals surface area contributed by atoms with Crippen LogP contribution in [0, 0.1) is 0 Å². The van der Waals surface area contributed by atoms with E-state index in [4.69, 9.17) is 11.6 Å². The van der Waals surface area contributed by atoms with Crippen molar-refractivity contribution in [1.82, 2.24) is 29.3 Å². The molecule has 0 bridgehead atoms. The van der Waals surface area contributed by atoms with Gasteiger partial charge in [-0.2, -0.15) is 22.0 Å². The minimum Gasteiger partial charge on any atom is -0.309 e. The molecule has 0 aromatic carbocycles. The molecule has 1 aliphatic rings. The second-order valence-electron chi connectivity index (χ2n) is 8.45. The second kappa shape index (κ2) is 8.65. The molecule has 4 aromatic rings. The minimum absolute atomic E-state index is 0.0127. The Bertz CT molecular complexity index is 1540. The molecule has 0 radical (unpaired) electrons. The van der Waals surface area contributed by atoms with Crippen molar-refractivity contribution in [3.8, 4) is 11.5 Å². The SMILES string of the molecule is CC1(c2ccc(Cl)cn2)C(=O)Nc2nc(-c3cn4c(Br)cnc4c(CCC(F)(F)C(F)(F)F)n3)ncc21. The van der Waals surface area contributed by atoms with Gasteiger partial charge >= 0.3 is 12.1 Å². The highest BCUT2D eigenvalue weighted by atomic mass is 79.9. The largest absolute Gasteiger partial charge is 0.453 e. The standard InChI is InChI=1S/C22H14BrClF5N7O/c1-20(14-3-2-10(24)6-30-14)11-7-31-17(34-16(11)35-19(20)37)13-9-36-15(23)8-32-18(36)12(33-13)4-5-21(25,26)22(27,28)29/h2-3,6-9H,4-5H2,1H3,(H,31,34,35,37). The molecular weight excluding hydrogens is 589 g/mol. The molecule has 4 aromatic heterocycles. The van der Waals surface area contributed by atoms with Gasteiger partial charge in [0.1, 0.15) is 21.5 Å². The number of aryl methyl sites for hydroxylation is 1. The van der Waals surface area contributed by atoms with Crippen LogP contribution in [0.15, 0.2) is 41.5 Å². The van der Waals surface area contributed by atoms with Gasteiger partial charge in [0.05, 0.1) is 22.6 Å². The fourth-order valence-electron chi connectivity index (χ4n) is 3.96. The second-order valence-corrected chi connectivity index (χ2v) is 9.70. The Morgan fingerprint density at radius 2 is 1.84 bits per heavy atom. The summed E-state index contributed by atoms with van der Waals surface area (Å²) in [4.78, 5) is 34.2. The van der Waals surface area contributed by atoms with Crippen molar-refractivity contribution in [3.63, 3.8) is 0 Å². The van der Waals surface area contributed by atoms with E-state index in [9.17, 15) is 26.7 Å². The predicted molar refractivity (Wildman–Crippen MR) is 125 cm³/mol. The van der Waals surface area contributed by atoms with E-state index in [1.54, 1.807) is 19.1 Å². The lowest BCUT2D eigenvalue weighted by Crippen LogP contribution is -2.36. The molecule has 5 heterocycles. The maximum absolute atomic E-state index is 13.6. The first-order valence-electron chi connectivity index (χ1n) is 10.6. The summed E-state index contributed by atoms with van der Waals surface area (Å²) in [6, 6.07) is 3.21. The van der Waals surface area contributed by atoms with Crippen LogP contribution in [-0.2, 0) is 16.6 Å². The van der Waals surface area contributed by atoms with Crippen molar-refractivity contribution in [2.24, 2.45) is 0 Å². The zero-order valence-corrected chi connectivity index (χ0v) is 21.0. The number of nitrogens with one attached hydrogen (secondary N) is 1. The van der Waals surface area contributed by atoms with Gasteiger partial charge in [-0.1, -0.05) is 11.6 Å². The summed E-state index contributed by atoms with van der Waals surface area (Å²) >= 11 is 9.18. The van der Waals surface area contributed by atoms with Crippen molar-refractivity contribution >= 4 is 44.9 Å². The summed E-state index contributed by atoms with van der Waals surface area (Å²) in [5.41, 5.74) is -0.283. The van der Waals surface area contributed by atoms with E-state index in [1.165, 1.54) is 29.2 Å². The fraction of sp³-hybridized carbons (Fsp3) is 0.273. The van der Waals surface area contributed by atoms with Gasteiger partial charge in [-0.05, 0) is 41.4 Å². The number of rotatable bonds is 5. The molecule has 0 fully saturated rings. The molecule has 8 nitrogen and oxygen atoms in total. The number of nitrogens with zero attached hydrogens (tertiary/aromatic N) is 6. The molecule has 1 N–H and O–H groups in total. The highest BCUT2D eigenvalue weighted by Crippen LogP contribution is 2.42. The van der Waals surface area contributed by atoms with E-state index >= 15 is 0 Å². The van der Waals surface area contributed by atoms with E-state index in [2.05, 4.69) is 46.2 Å². The average Bonchev–Trinajstić information content (AvgIpc) is 3.34. The number of carbonyl (C=O) groups is 1. The van der Waals surface area contributed by atoms with Gasteiger partial charge in [0, 0.05) is 30.6 Å². The van der Waals surface area contributed by atoms with Gasteiger partial charge in [0.15, 0.2) is 11.5 Å². The molecule has 0 saturated heterocycles. The van der Waals surface area contributed by atoms with Crippen molar-refractivity contribution in [3.05, 3.63) is 63.5 Å². The highest BCUT2D eigenvalue weighted by Gasteiger charge is 2.56. The zero-order valence-electron chi connectivity index (χ0n) is 18.6. The number of alkyl halides is 5. The number of halogens is 7. The molecular formula is C22H14BrClF5N7O. The number of pyridine rings is 1. The molecule has 0 aliphatic carbocycles. The first-order chi connectivity index (χ1) is 17.3. The number of hydrogen-bond acceptors (Lipinski definition) is 6. The average molecular weight is 603 g/mol. The molecule has 1 amide bonds. The van der Waals surface area contributed by atoms with Crippen LogP contribution in [0.3, 0.4) is 0 Å². The third-order valence-electron chi connectivity index (χ3n) is 6.09. The van der Waals surface area contributed by atoms with Gasteiger partial charge in [0.25, 0.3) is 0 Å². The highest BCUT2D eigenvalue weighted by molar-refractivity contribution is 9.10. The Morgan fingerprint density at radius 1 is 1.08 bits per heavy atom. The van der Waals surface area contributed by atoms with E-state index in [-0.39, 0.29) is 28.7 Å². The van der Waals surface area contributed by atoms with E-state index in [0.29, 0.717) is 20.9 Å². The number of hydrogen-bond donors (Lipinski definition) is 1. The lowest BCUT2D eigenvalue weighted by atomic mass is 9.81. The Balaban J connectivity index is 1.55. The number of aromatic nitrogens is 6. The summed E-state index contributed by atoms with van der Waals surface area (Å²) in [5.74, 6) is -5.11. The Kier molecular flexibility index (Phi) is 5.94. The van der Waals surface area contributed by atoms with Crippen LogP contribution in [0.25, 0.3) is 17.2 Å². The van der Waals surface area contributed by atoms with E-state index in [0.717, 1.165) is 0 Å². The van der Waals surface area contributed by atoms with Gasteiger partial charge in [0.2, 0.25) is 5.91 Å². The number of amides is 1. The lowest BCUT2D eigenvalue weighted by molar-refractivity contribution is -0.284. The molecule has 1 atom stereocenters. The smallest absolute Gasteiger partial charge is 0.309 e. The van der Waals surface area contributed by atoms with E-state index in [1.807, 2.05) is 0 Å². The number of fused-ring (bicyclic) bond motifs is 2. The molecule has 1 aliphatic heterocycles. The molecule has 1 unspecified atom stereocenters. The number of imidazole rings is 1. The van der Waals surface area contributed by atoms with Gasteiger partial charge in [-0.15, -0.1) is 0 Å². The predicted octanol–water partition coefficient (Wildman–Crippen LogP) is 5.39. The van der Waals surface area contributed by atoms with Crippen LogP contribution in [0.1, 0.15) is 30.3 Å². The summed E-state index contributed by atoms with van der Waals surface area (Å²) in [5, 5.41) is 3.08. The van der Waals surface area contributed by atoms with E-state index < -0.39 is 36.3 Å². The van der Waals surface area contributed by atoms with Crippen molar-refractivity contribution in [2.75, 3.05) is 5.32 Å². The van der Waals surface area contributed by atoms with Crippen LogP contribution in [0.2, 0.25) is 5.02 Å². The third-order valence-corrected chi connectivity index (χ3v) is 6.90. The maximum Gasteiger partial charge on any atom is 0.453 e. The normalized spacial score (nSPS) is 17.8. The zero-order chi connectivity index (χ0) is 26.8. The van der Waals surface area contributed by atoms with Crippen molar-refractivity contribution in [1.29, 1.82) is 0 Å². The van der Waals surface area contributed by atoms with Gasteiger partial charge in [-0.25, -0.2) is 19.9 Å². The Morgan fingerprint density at radius 3 is 2.51 bits per heavy atom. The monoisotopic (exact) mass is 601 g/mol. The Hall–Kier alpha value is -3.26. The molecule has 0 spiro atoms. The minimum atomic E-state index is -5.69. The summed E-state index contributed by atoms with van der Waals surface area (Å²) in [7, 11) is 0. The fourth-order valence-corrected chi connectivity index (χ4v) is 4.45. The maximum atomic E-state index is 13.6. The number of carbonyl (C=O) groups excluding carboxylic acids is 1. The van der Waals surface area contributed by atoms with Crippen LogP contribution in [-0.4, -0.2) is 47.3 Å². The summed E-state index contributed by atoms with van der Waals surface area (Å²) in [6.07, 6.45) is -2.27. The van der Waals surface area contributed by atoms with Crippen molar-refractivity contribution in [2.45, 2.75) is 37.3 Å². The molecule has 15 heteroatoms. The first kappa shape index (κ1) is 25.4. The summed E-state index contributed by atoms with van der Waals surface area (Å²) < 4.78 is 67.1. The van der Waals surface area contributed by atoms with Crippen LogP contribution >= 0.6 is 27.5 Å². The molecule has 0 saturated carbocycles. The van der Waals surface area contributed by atoms with Crippen molar-refractivity contribution < 1.29 is 26.7 Å². The van der Waals surface area contributed by atoms with Gasteiger partial charge in [-0.3, -0.25) is 14.2 Å². The van der Waals surface area contributed by atoms with Crippen LogP contribution in [0.4, 0.5) is 27.8 Å². The quantitative estimate of drug-likeness (QED) is 0.308. The molecule has 192 valence electrons. The summed E-state index contributed by atoms with van der Waals surface area (Å²) in [6.45, 7) is 1.65. The van der Waals surface area contributed by atoms with Crippen LogP contribution in [0.5, 0.6) is 0 Å². The first-order valence-corrected chi connectivity index (χ1v) is 11.8. The third kappa shape index (κ3) is 4.21. The lowest BCUT2D eigenvalue weighted by Gasteiger charge is -2.21. The number of anilines is 1.